The van der Waals surface area contributed by atoms with Gasteiger partial charge in [0.15, 0.2) is 0 Å². The molecule has 0 saturated carbocycles. The van der Waals surface area contributed by atoms with E-state index in [1.807, 2.05) is 30.3 Å². The van der Waals surface area contributed by atoms with Crippen molar-refractivity contribution in [2.75, 3.05) is 5.32 Å². The summed E-state index contributed by atoms with van der Waals surface area (Å²) in [6.45, 7) is 0. The van der Waals surface area contributed by atoms with Gasteiger partial charge >= 0.3 is 0 Å². The minimum atomic E-state index is -0.0513. The maximum Gasteiger partial charge on any atom is 0.224 e. The summed E-state index contributed by atoms with van der Waals surface area (Å²) in [5.74, 6) is 0.758. The van der Waals surface area contributed by atoms with Crippen LogP contribution in [0.5, 0.6) is 0 Å². The fourth-order valence-electron chi connectivity index (χ4n) is 1.96. The zero-order valence-electron chi connectivity index (χ0n) is 10.7. The second-order valence-electron chi connectivity index (χ2n) is 4.39. The molecule has 0 aliphatic heterocycles. The maximum absolute atomic E-state index is 11.9. The van der Waals surface area contributed by atoms with Crippen molar-refractivity contribution in [1.29, 1.82) is 0 Å². The first-order valence-corrected chi connectivity index (χ1v) is 6.34. The van der Waals surface area contributed by atoms with Crippen LogP contribution in [0.3, 0.4) is 0 Å². The highest BCUT2D eigenvalue weighted by molar-refractivity contribution is 5.92. The van der Waals surface area contributed by atoms with E-state index < -0.39 is 0 Å². The molecule has 5 heteroatoms. The standard InChI is InChI=1S/C15H13N3O2/c19-15(6-4-12-2-1-9-20-12)18-11-3-5-13-14(10-11)17-8-7-16-13/h1-3,5,7-10H,4,6H2,(H,18,19). The Kier molecular flexibility index (Phi) is 3.41. The first-order valence-electron chi connectivity index (χ1n) is 6.34. The third-order valence-electron chi connectivity index (χ3n) is 2.93. The molecule has 2 aromatic heterocycles. The second-order valence-corrected chi connectivity index (χ2v) is 4.39. The molecule has 2 heterocycles. The summed E-state index contributed by atoms with van der Waals surface area (Å²) in [7, 11) is 0. The lowest BCUT2D eigenvalue weighted by Crippen LogP contribution is -2.12. The van der Waals surface area contributed by atoms with Crippen molar-refractivity contribution in [3.63, 3.8) is 0 Å². The number of aromatic nitrogens is 2. The van der Waals surface area contributed by atoms with E-state index in [1.54, 1.807) is 18.7 Å². The van der Waals surface area contributed by atoms with Gasteiger partial charge in [-0.3, -0.25) is 14.8 Å². The lowest BCUT2D eigenvalue weighted by molar-refractivity contribution is -0.116. The van der Waals surface area contributed by atoms with Crippen molar-refractivity contribution < 1.29 is 9.21 Å². The molecule has 1 amide bonds. The first-order chi connectivity index (χ1) is 9.81. The Morgan fingerprint density at radius 3 is 2.80 bits per heavy atom. The minimum Gasteiger partial charge on any atom is -0.469 e. The monoisotopic (exact) mass is 267 g/mol. The third-order valence-corrected chi connectivity index (χ3v) is 2.93. The molecule has 0 radical (unpaired) electrons. The summed E-state index contributed by atoms with van der Waals surface area (Å²) in [5.41, 5.74) is 2.29. The molecule has 1 N–H and O–H groups in total. The van der Waals surface area contributed by atoms with Gasteiger partial charge in [-0.05, 0) is 30.3 Å². The summed E-state index contributed by atoms with van der Waals surface area (Å²) in [6, 6.07) is 9.15. The van der Waals surface area contributed by atoms with Gasteiger partial charge in [-0.15, -0.1) is 0 Å². The van der Waals surface area contributed by atoms with Crippen LogP contribution in [0.2, 0.25) is 0 Å². The molecule has 1 aromatic carbocycles. The Labute approximate surface area is 115 Å². The van der Waals surface area contributed by atoms with Crippen LogP contribution in [0.15, 0.2) is 53.4 Å². The first kappa shape index (κ1) is 12.3. The Balaban J connectivity index is 1.65. The van der Waals surface area contributed by atoms with Gasteiger partial charge in [0, 0.05) is 30.9 Å². The largest absolute Gasteiger partial charge is 0.469 e. The van der Waals surface area contributed by atoms with Crippen LogP contribution in [0, 0.1) is 0 Å². The van der Waals surface area contributed by atoms with Crippen molar-refractivity contribution in [1.82, 2.24) is 9.97 Å². The van der Waals surface area contributed by atoms with Gasteiger partial charge in [-0.25, -0.2) is 0 Å². The normalized spacial score (nSPS) is 10.6. The van der Waals surface area contributed by atoms with Crippen molar-refractivity contribution in [3.05, 3.63) is 54.7 Å². The van der Waals surface area contributed by atoms with E-state index in [2.05, 4.69) is 15.3 Å². The van der Waals surface area contributed by atoms with Gasteiger partial charge in [0.1, 0.15) is 5.76 Å². The highest BCUT2D eigenvalue weighted by atomic mass is 16.3. The number of carbonyl (C=O) groups is 1. The van der Waals surface area contributed by atoms with E-state index in [9.17, 15) is 4.79 Å². The molecule has 100 valence electrons. The summed E-state index contributed by atoms with van der Waals surface area (Å²) >= 11 is 0. The maximum atomic E-state index is 11.9. The number of nitrogens with one attached hydrogen (secondary N) is 1. The number of benzene rings is 1. The number of carbonyl (C=O) groups excluding carboxylic acids is 1. The number of amides is 1. The van der Waals surface area contributed by atoms with Gasteiger partial charge in [0.05, 0.1) is 17.3 Å². The predicted molar refractivity (Wildman–Crippen MR) is 75.2 cm³/mol. The van der Waals surface area contributed by atoms with Crippen LogP contribution in [0.1, 0.15) is 12.2 Å². The number of rotatable bonds is 4. The van der Waals surface area contributed by atoms with E-state index in [-0.39, 0.29) is 5.91 Å². The van der Waals surface area contributed by atoms with Crippen molar-refractivity contribution in [3.8, 4) is 0 Å². The molecular formula is C15H13N3O2. The van der Waals surface area contributed by atoms with Crippen LogP contribution in [0.25, 0.3) is 11.0 Å². The molecule has 0 atom stereocenters. The number of anilines is 1. The second kappa shape index (κ2) is 5.52. The zero-order chi connectivity index (χ0) is 13.8. The van der Waals surface area contributed by atoms with Crippen LogP contribution in [-0.2, 0) is 11.2 Å². The van der Waals surface area contributed by atoms with Gasteiger partial charge in [-0.2, -0.15) is 0 Å². The summed E-state index contributed by atoms with van der Waals surface area (Å²) in [4.78, 5) is 20.2. The molecule has 20 heavy (non-hydrogen) atoms. The highest BCUT2D eigenvalue weighted by Gasteiger charge is 2.05. The SMILES string of the molecule is O=C(CCc1ccco1)Nc1ccc2nccnc2c1. The molecule has 3 aromatic rings. The number of furan rings is 1. The smallest absolute Gasteiger partial charge is 0.224 e. The predicted octanol–water partition coefficient (Wildman–Crippen LogP) is 2.79. The molecule has 0 saturated heterocycles. The number of hydrogen-bond donors (Lipinski definition) is 1. The Hall–Kier alpha value is -2.69. The molecule has 0 aliphatic rings. The fourth-order valence-corrected chi connectivity index (χ4v) is 1.96. The topological polar surface area (TPSA) is 68.0 Å². The number of fused-ring (bicyclic) bond motifs is 1. The van der Waals surface area contributed by atoms with Gasteiger partial charge in [0.25, 0.3) is 0 Å². The lowest BCUT2D eigenvalue weighted by Gasteiger charge is -2.05. The minimum absolute atomic E-state index is 0.0513. The van der Waals surface area contributed by atoms with Crippen molar-refractivity contribution in [2.45, 2.75) is 12.8 Å². The van der Waals surface area contributed by atoms with Crippen LogP contribution < -0.4 is 5.32 Å². The molecule has 0 unspecified atom stereocenters. The van der Waals surface area contributed by atoms with E-state index in [1.165, 1.54) is 0 Å². The Bertz CT molecular complexity index is 723. The number of hydrogen-bond acceptors (Lipinski definition) is 4. The van der Waals surface area contributed by atoms with E-state index >= 15 is 0 Å². The van der Waals surface area contributed by atoms with Crippen LogP contribution in [-0.4, -0.2) is 15.9 Å². The summed E-state index contributed by atoms with van der Waals surface area (Å²) in [6.07, 6.45) is 5.85. The molecule has 3 rings (SSSR count). The lowest BCUT2D eigenvalue weighted by atomic mass is 10.2. The Morgan fingerprint density at radius 2 is 2.00 bits per heavy atom. The zero-order valence-corrected chi connectivity index (χ0v) is 10.7. The Morgan fingerprint density at radius 1 is 1.15 bits per heavy atom. The summed E-state index contributed by atoms with van der Waals surface area (Å²) in [5, 5.41) is 2.85. The van der Waals surface area contributed by atoms with Crippen LogP contribution in [0.4, 0.5) is 5.69 Å². The fraction of sp³-hybridized carbons (Fsp3) is 0.133. The van der Waals surface area contributed by atoms with Gasteiger partial charge in [0.2, 0.25) is 5.91 Å². The van der Waals surface area contributed by atoms with Crippen molar-refractivity contribution >= 4 is 22.6 Å². The molecule has 0 aliphatic carbocycles. The van der Waals surface area contributed by atoms with Crippen LogP contribution >= 0.6 is 0 Å². The van der Waals surface area contributed by atoms with Gasteiger partial charge in [-0.1, -0.05) is 0 Å². The average Bonchev–Trinajstić information content (AvgIpc) is 2.98. The average molecular weight is 267 g/mol. The van der Waals surface area contributed by atoms with E-state index in [4.69, 9.17) is 4.42 Å². The van der Waals surface area contributed by atoms with E-state index in [0.29, 0.717) is 12.8 Å². The van der Waals surface area contributed by atoms with E-state index in [0.717, 1.165) is 22.5 Å². The third kappa shape index (κ3) is 2.83. The number of aryl methyl sites for hydroxylation is 1. The molecule has 0 spiro atoms. The molecule has 5 nitrogen and oxygen atoms in total. The quantitative estimate of drug-likeness (QED) is 0.789. The molecular weight excluding hydrogens is 254 g/mol. The molecule has 0 bridgehead atoms. The number of nitrogens with zero attached hydrogens (tertiary/aromatic N) is 2. The van der Waals surface area contributed by atoms with Crippen molar-refractivity contribution in [2.24, 2.45) is 0 Å². The molecule has 0 fully saturated rings. The highest BCUT2D eigenvalue weighted by Crippen LogP contribution is 2.15. The summed E-state index contributed by atoms with van der Waals surface area (Å²) < 4.78 is 5.19. The van der Waals surface area contributed by atoms with Gasteiger partial charge < -0.3 is 9.73 Å².